The molecule has 3 nitrogen and oxygen atoms in total. The third-order valence-corrected chi connectivity index (χ3v) is 2.93. The zero-order valence-electron chi connectivity index (χ0n) is 10.9. The molecule has 0 spiro atoms. The number of aliphatic hydroxyl groups excluding tert-OH is 1. The lowest BCUT2D eigenvalue weighted by Gasteiger charge is -2.12. The minimum absolute atomic E-state index is 0.444. The number of rotatable bonds is 7. The van der Waals surface area contributed by atoms with Crippen molar-refractivity contribution in [2.45, 2.75) is 31.9 Å². The fraction of sp³-hybridized carbons (Fsp3) is 0.467. The number of benzene rings is 1. The van der Waals surface area contributed by atoms with Crippen molar-refractivity contribution < 1.29 is 9.84 Å². The minimum atomic E-state index is -0.444. The van der Waals surface area contributed by atoms with E-state index >= 15 is 0 Å². The third-order valence-electron chi connectivity index (χ3n) is 2.93. The number of aliphatic hydroxyl groups is 1. The molecule has 3 heteroatoms. The Labute approximate surface area is 108 Å². The van der Waals surface area contributed by atoms with E-state index in [0.717, 1.165) is 16.9 Å². The second-order valence-corrected chi connectivity index (χ2v) is 5.01. The van der Waals surface area contributed by atoms with Gasteiger partial charge in [-0.15, -0.1) is 0 Å². The molecule has 0 radical (unpaired) electrons. The van der Waals surface area contributed by atoms with Crippen molar-refractivity contribution in [1.82, 2.24) is 5.32 Å². The van der Waals surface area contributed by atoms with Gasteiger partial charge in [0.25, 0.3) is 0 Å². The second kappa shape index (κ2) is 6.03. The van der Waals surface area contributed by atoms with Crippen LogP contribution < -0.4 is 10.1 Å². The van der Waals surface area contributed by atoms with Crippen LogP contribution in [0.25, 0.3) is 0 Å². The molecule has 1 aliphatic rings. The molecule has 0 aliphatic heterocycles. The molecule has 1 atom stereocenters. The van der Waals surface area contributed by atoms with Crippen LogP contribution in [0.4, 0.5) is 0 Å². The Balaban J connectivity index is 1.83. The monoisotopic (exact) mass is 247 g/mol. The number of nitrogens with one attached hydrogen (secondary N) is 1. The van der Waals surface area contributed by atoms with Crippen molar-refractivity contribution in [1.29, 1.82) is 0 Å². The topological polar surface area (TPSA) is 41.5 Å². The zero-order valence-corrected chi connectivity index (χ0v) is 10.9. The van der Waals surface area contributed by atoms with E-state index in [9.17, 15) is 5.11 Å². The maximum Gasteiger partial charge on any atom is 0.119 e. The molecule has 1 aliphatic carbocycles. The van der Waals surface area contributed by atoms with E-state index in [1.54, 1.807) is 0 Å². The van der Waals surface area contributed by atoms with Gasteiger partial charge < -0.3 is 15.2 Å². The molecule has 0 saturated heterocycles. The van der Waals surface area contributed by atoms with Crippen LogP contribution >= 0.6 is 0 Å². The fourth-order valence-corrected chi connectivity index (χ4v) is 1.68. The van der Waals surface area contributed by atoms with Crippen molar-refractivity contribution in [3.63, 3.8) is 0 Å². The summed E-state index contributed by atoms with van der Waals surface area (Å²) >= 11 is 0. The molecule has 18 heavy (non-hydrogen) atoms. The summed E-state index contributed by atoms with van der Waals surface area (Å²) in [6.45, 7) is 6.88. The average molecular weight is 247 g/mol. The maximum atomic E-state index is 9.99. The van der Waals surface area contributed by atoms with Crippen molar-refractivity contribution in [2.75, 3.05) is 13.2 Å². The molecule has 2 rings (SSSR count). The Bertz CT molecular complexity index is 395. The molecule has 1 unspecified atom stereocenters. The molecular weight excluding hydrogens is 226 g/mol. The van der Waals surface area contributed by atoms with E-state index in [1.807, 2.05) is 31.2 Å². The summed E-state index contributed by atoms with van der Waals surface area (Å²) in [5.74, 6) is 0.809. The number of ether oxygens (including phenoxy) is 1. The minimum Gasteiger partial charge on any atom is -0.489 e. The van der Waals surface area contributed by atoms with Gasteiger partial charge in [-0.25, -0.2) is 0 Å². The number of hydrogen-bond acceptors (Lipinski definition) is 3. The van der Waals surface area contributed by atoms with E-state index in [-0.39, 0.29) is 0 Å². The Morgan fingerprint density at radius 3 is 2.67 bits per heavy atom. The van der Waals surface area contributed by atoms with Crippen molar-refractivity contribution in [2.24, 2.45) is 0 Å². The van der Waals surface area contributed by atoms with Gasteiger partial charge in [0.05, 0.1) is 6.10 Å². The predicted octanol–water partition coefficient (Wildman–Crippen LogP) is 2.43. The van der Waals surface area contributed by atoms with Crippen LogP contribution in [0.15, 0.2) is 36.4 Å². The Morgan fingerprint density at radius 2 is 2.11 bits per heavy atom. The lowest BCUT2D eigenvalue weighted by atomic mass is 10.1. The second-order valence-electron chi connectivity index (χ2n) is 5.01. The molecule has 1 aromatic rings. The summed E-state index contributed by atoms with van der Waals surface area (Å²) in [5, 5.41) is 13.3. The molecule has 98 valence electrons. The largest absolute Gasteiger partial charge is 0.489 e. The highest BCUT2D eigenvalue weighted by Gasteiger charge is 2.21. The first kappa shape index (κ1) is 13.1. The molecule has 0 heterocycles. The first-order chi connectivity index (χ1) is 8.65. The van der Waals surface area contributed by atoms with Gasteiger partial charge in [0.2, 0.25) is 0 Å². The quantitative estimate of drug-likeness (QED) is 0.727. The lowest BCUT2D eigenvalue weighted by molar-refractivity contribution is 0.174. The van der Waals surface area contributed by atoms with E-state index in [2.05, 4.69) is 11.9 Å². The van der Waals surface area contributed by atoms with Crippen molar-refractivity contribution in [3.8, 4) is 5.75 Å². The predicted molar refractivity (Wildman–Crippen MR) is 72.7 cm³/mol. The van der Waals surface area contributed by atoms with Crippen LogP contribution in [0.2, 0.25) is 0 Å². The van der Waals surface area contributed by atoms with Gasteiger partial charge in [0.15, 0.2) is 0 Å². The van der Waals surface area contributed by atoms with E-state index in [0.29, 0.717) is 19.2 Å². The van der Waals surface area contributed by atoms with Crippen molar-refractivity contribution in [3.05, 3.63) is 42.0 Å². The molecular formula is C15H21NO2. The van der Waals surface area contributed by atoms with Gasteiger partial charge >= 0.3 is 0 Å². The summed E-state index contributed by atoms with van der Waals surface area (Å²) in [6.07, 6.45) is 2.03. The smallest absolute Gasteiger partial charge is 0.119 e. The average Bonchev–Trinajstić information content (AvgIpc) is 3.18. The zero-order chi connectivity index (χ0) is 13.0. The first-order valence-electron chi connectivity index (χ1n) is 6.44. The molecule has 1 aromatic carbocycles. The summed E-state index contributed by atoms with van der Waals surface area (Å²) < 4.78 is 5.51. The highest BCUT2D eigenvalue weighted by atomic mass is 16.5. The van der Waals surface area contributed by atoms with Crippen LogP contribution in [0.3, 0.4) is 0 Å². The van der Waals surface area contributed by atoms with Gasteiger partial charge in [-0.1, -0.05) is 18.7 Å². The highest BCUT2D eigenvalue weighted by molar-refractivity contribution is 5.29. The Kier molecular flexibility index (Phi) is 4.39. The SMILES string of the molecule is C=C(C)COc1ccc(C(O)CNC2CC2)cc1. The molecule has 1 fully saturated rings. The maximum absolute atomic E-state index is 9.99. The van der Waals surface area contributed by atoms with Crippen LogP contribution in [0, 0.1) is 0 Å². The van der Waals surface area contributed by atoms with E-state index in [1.165, 1.54) is 12.8 Å². The molecule has 1 saturated carbocycles. The van der Waals surface area contributed by atoms with Gasteiger partial charge in [-0.05, 0) is 43.0 Å². The van der Waals surface area contributed by atoms with Crippen molar-refractivity contribution >= 4 is 0 Å². The fourth-order valence-electron chi connectivity index (χ4n) is 1.68. The van der Waals surface area contributed by atoms with Crippen LogP contribution in [-0.4, -0.2) is 24.3 Å². The summed E-state index contributed by atoms with van der Waals surface area (Å²) in [4.78, 5) is 0. The molecule has 0 aromatic heterocycles. The first-order valence-corrected chi connectivity index (χ1v) is 6.44. The third kappa shape index (κ3) is 4.17. The standard InChI is InChI=1S/C15H21NO2/c1-11(2)10-18-14-7-3-12(4-8-14)15(17)9-16-13-5-6-13/h3-4,7-8,13,15-17H,1,5-6,9-10H2,2H3. The van der Waals surface area contributed by atoms with Gasteiger partial charge in [0, 0.05) is 12.6 Å². The normalized spacial score (nSPS) is 16.3. The molecule has 2 N–H and O–H groups in total. The Morgan fingerprint density at radius 1 is 1.44 bits per heavy atom. The summed E-state index contributed by atoms with van der Waals surface area (Å²) in [5.41, 5.74) is 1.92. The van der Waals surface area contributed by atoms with Gasteiger partial charge in [-0.3, -0.25) is 0 Å². The Hall–Kier alpha value is -1.32. The van der Waals surface area contributed by atoms with Gasteiger partial charge in [0.1, 0.15) is 12.4 Å². The van der Waals surface area contributed by atoms with Crippen LogP contribution in [-0.2, 0) is 0 Å². The molecule has 0 bridgehead atoms. The van der Waals surface area contributed by atoms with Crippen LogP contribution in [0.1, 0.15) is 31.4 Å². The highest BCUT2D eigenvalue weighted by Crippen LogP contribution is 2.21. The summed E-state index contributed by atoms with van der Waals surface area (Å²) in [6, 6.07) is 8.22. The van der Waals surface area contributed by atoms with Crippen LogP contribution in [0.5, 0.6) is 5.75 Å². The lowest BCUT2D eigenvalue weighted by Crippen LogP contribution is -2.23. The van der Waals surface area contributed by atoms with Gasteiger partial charge in [-0.2, -0.15) is 0 Å². The van der Waals surface area contributed by atoms with E-state index < -0.39 is 6.10 Å². The summed E-state index contributed by atoms with van der Waals surface area (Å²) in [7, 11) is 0. The van der Waals surface area contributed by atoms with E-state index in [4.69, 9.17) is 4.74 Å². The molecule has 0 amide bonds. The number of hydrogen-bond donors (Lipinski definition) is 2.